The maximum atomic E-state index is 12.8. The molecule has 2 N–H and O–H groups in total. The summed E-state index contributed by atoms with van der Waals surface area (Å²) in [4.78, 5) is 15.0. The van der Waals surface area contributed by atoms with Crippen LogP contribution in [-0.2, 0) is 14.8 Å². The molecule has 2 aliphatic rings. The van der Waals surface area contributed by atoms with Crippen molar-refractivity contribution >= 4 is 15.9 Å². The molecule has 0 aromatic heterocycles. The van der Waals surface area contributed by atoms with Crippen LogP contribution in [0.4, 0.5) is 0 Å². The second-order valence-electron chi connectivity index (χ2n) is 7.02. The van der Waals surface area contributed by atoms with Crippen molar-refractivity contribution in [1.82, 2.24) is 9.21 Å². The molecule has 0 aliphatic carbocycles. The minimum atomic E-state index is -3.53. The summed E-state index contributed by atoms with van der Waals surface area (Å²) >= 11 is 0. The Bertz CT molecular complexity index is 685. The molecule has 3 rings (SSSR count). The van der Waals surface area contributed by atoms with Crippen LogP contribution in [0.2, 0.25) is 0 Å². The van der Waals surface area contributed by atoms with Gasteiger partial charge in [-0.05, 0) is 50.3 Å². The molecule has 2 fully saturated rings. The molecule has 7 heteroatoms. The Morgan fingerprint density at radius 2 is 1.76 bits per heavy atom. The highest BCUT2D eigenvalue weighted by Gasteiger charge is 2.35. The fraction of sp³-hybridized carbons (Fsp3) is 0.611. The van der Waals surface area contributed by atoms with Gasteiger partial charge in [0.25, 0.3) is 0 Å². The van der Waals surface area contributed by atoms with Crippen molar-refractivity contribution < 1.29 is 13.2 Å². The van der Waals surface area contributed by atoms with E-state index >= 15 is 0 Å². The molecule has 2 heterocycles. The van der Waals surface area contributed by atoms with E-state index in [1.54, 1.807) is 30.3 Å². The number of amides is 1. The third-order valence-electron chi connectivity index (χ3n) is 5.37. The van der Waals surface area contributed by atoms with Gasteiger partial charge < -0.3 is 10.6 Å². The minimum Gasteiger partial charge on any atom is -0.342 e. The Morgan fingerprint density at radius 3 is 2.40 bits per heavy atom. The fourth-order valence-corrected chi connectivity index (χ4v) is 5.30. The van der Waals surface area contributed by atoms with Crippen molar-refractivity contribution in [2.75, 3.05) is 32.7 Å². The molecule has 1 aromatic rings. The van der Waals surface area contributed by atoms with Crippen LogP contribution in [0, 0.1) is 11.8 Å². The molecule has 1 unspecified atom stereocenters. The van der Waals surface area contributed by atoms with Gasteiger partial charge in [-0.15, -0.1) is 0 Å². The summed E-state index contributed by atoms with van der Waals surface area (Å²) in [6.45, 7) is 2.92. The van der Waals surface area contributed by atoms with E-state index in [2.05, 4.69) is 0 Å². The minimum absolute atomic E-state index is 0.100. The zero-order valence-corrected chi connectivity index (χ0v) is 15.3. The lowest BCUT2D eigenvalue weighted by molar-refractivity contribution is -0.138. The zero-order valence-electron chi connectivity index (χ0n) is 14.5. The molecule has 2 saturated heterocycles. The van der Waals surface area contributed by atoms with E-state index in [4.69, 9.17) is 5.73 Å². The number of benzene rings is 1. The normalized spacial score (nSPS) is 23.6. The van der Waals surface area contributed by atoms with Crippen LogP contribution in [0.25, 0.3) is 0 Å². The quantitative estimate of drug-likeness (QED) is 0.871. The van der Waals surface area contributed by atoms with E-state index in [0.717, 1.165) is 38.8 Å². The van der Waals surface area contributed by atoms with Gasteiger partial charge in [0.1, 0.15) is 0 Å². The maximum absolute atomic E-state index is 12.8. The van der Waals surface area contributed by atoms with Gasteiger partial charge in [-0.3, -0.25) is 4.79 Å². The average Bonchev–Trinajstić information content (AvgIpc) is 2.68. The Balaban J connectivity index is 1.66. The van der Waals surface area contributed by atoms with E-state index in [0.29, 0.717) is 23.9 Å². The molecule has 0 radical (unpaired) electrons. The van der Waals surface area contributed by atoms with Crippen LogP contribution in [0.3, 0.4) is 0 Å². The van der Waals surface area contributed by atoms with E-state index in [1.807, 2.05) is 4.90 Å². The number of rotatable bonds is 4. The summed E-state index contributed by atoms with van der Waals surface area (Å²) in [5, 5.41) is 0. The number of carbonyl (C=O) groups excluding carboxylic acids is 1. The van der Waals surface area contributed by atoms with Crippen molar-refractivity contribution in [2.24, 2.45) is 17.6 Å². The van der Waals surface area contributed by atoms with Gasteiger partial charge in [0.2, 0.25) is 15.9 Å². The Labute approximate surface area is 150 Å². The van der Waals surface area contributed by atoms with Crippen LogP contribution in [0.15, 0.2) is 35.2 Å². The highest BCUT2D eigenvalue weighted by Crippen LogP contribution is 2.26. The lowest BCUT2D eigenvalue weighted by Gasteiger charge is -2.37. The topological polar surface area (TPSA) is 83.7 Å². The fourth-order valence-electron chi connectivity index (χ4n) is 3.75. The number of piperidine rings is 2. The van der Waals surface area contributed by atoms with Crippen molar-refractivity contribution in [1.29, 1.82) is 0 Å². The smallest absolute Gasteiger partial charge is 0.243 e. The molecule has 2 aliphatic heterocycles. The first-order valence-corrected chi connectivity index (χ1v) is 10.5. The molecular formula is C18H27N3O3S. The standard InChI is InChI=1S/C18H27N3O3S/c19-13-15-8-11-20(12-9-15)18(22)16-5-4-10-21(14-16)25(23,24)17-6-2-1-3-7-17/h1-3,6-7,15-16H,4-5,8-14,19H2. The number of hydrogen-bond donors (Lipinski definition) is 1. The number of hydrogen-bond acceptors (Lipinski definition) is 4. The van der Waals surface area contributed by atoms with Gasteiger partial charge in [0.05, 0.1) is 10.8 Å². The number of nitrogens with two attached hydrogens (primary N) is 1. The molecule has 0 bridgehead atoms. The van der Waals surface area contributed by atoms with Gasteiger partial charge in [-0.25, -0.2) is 8.42 Å². The lowest BCUT2D eigenvalue weighted by Crippen LogP contribution is -2.48. The lowest BCUT2D eigenvalue weighted by atomic mass is 9.93. The highest BCUT2D eigenvalue weighted by molar-refractivity contribution is 7.89. The van der Waals surface area contributed by atoms with Crippen LogP contribution < -0.4 is 5.73 Å². The van der Waals surface area contributed by atoms with Gasteiger partial charge >= 0.3 is 0 Å². The predicted molar refractivity (Wildman–Crippen MR) is 96.3 cm³/mol. The second kappa shape index (κ2) is 7.85. The largest absolute Gasteiger partial charge is 0.342 e. The Morgan fingerprint density at radius 1 is 1.08 bits per heavy atom. The Hall–Kier alpha value is -1.44. The van der Waals surface area contributed by atoms with Gasteiger partial charge in [-0.1, -0.05) is 18.2 Å². The first-order chi connectivity index (χ1) is 12.0. The van der Waals surface area contributed by atoms with E-state index in [-0.39, 0.29) is 18.4 Å². The van der Waals surface area contributed by atoms with Crippen molar-refractivity contribution in [3.05, 3.63) is 30.3 Å². The molecule has 1 atom stereocenters. The van der Waals surface area contributed by atoms with Crippen molar-refractivity contribution in [3.8, 4) is 0 Å². The molecule has 6 nitrogen and oxygen atoms in total. The number of nitrogens with zero attached hydrogens (tertiary/aromatic N) is 2. The first-order valence-electron chi connectivity index (χ1n) is 9.06. The molecule has 138 valence electrons. The molecule has 1 amide bonds. The summed E-state index contributed by atoms with van der Waals surface area (Å²) in [6.07, 6.45) is 3.38. The molecular weight excluding hydrogens is 338 g/mol. The molecule has 1 aromatic carbocycles. The van der Waals surface area contributed by atoms with Crippen molar-refractivity contribution in [3.63, 3.8) is 0 Å². The number of sulfonamides is 1. The highest BCUT2D eigenvalue weighted by atomic mass is 32.2. The third-order valence-corrected chi connectivity index (χ3v) is 7.25. The monoisotopic (exact) mass is 365 g/mol. The molecule has 0 saturated carbocycles. The molecule has 25 heavy (non-hydrogen) atoms. The predicted octanol–water partition coefficient (Wildman–Crippen LogP) is 1.28. The SMILES string of the molecule is NCC1CCN(C(=O)C2CCCN(S(=O)(=O)c3ccccc3)C2)CC1. The average molecular weight is 365 g/mol. The van der Waals surface area contributed by atoms with Crippen LogP contribution >= 0.6 is 0 Å². The second-order valence-corrected chi connectivity index (χ2v) is 8.96. The van der Waals surface area contributed by atoms with Gasteiger partial charge in [0.15, 0.2) is 0 Å². The number of carbonyl (C=O) groups is 1. The zero-order chi connectivity index (χ0) is 17.9. The third kappa shape index (κ3) is 4.04. The summed E-state index contributed by atoms with van der Waals surface area (Å²) in [5.74, 6) is 0.371. The molecule has 0 spiro atoms. The van der Waals surface area contributed by atoms with Crippen LogP contribution in [0.1, 0.15) is 25.7 Å². The Kier molecular flexibility index (Phi) is 5.76. The van der Waals surface area contributed by atoms with Crippen molar-refractivity contribution in [2.45, 2.75) is 30.6 Å². The maximum Gasteiger partial charge on any atom is 0.243 e. The van der Waals surface area contributed by atoms with Crippen LogP contribution in [-0.4, -0.2) is 56.3 Å². The summed E-state index contributed by atoms with van der Waals surface area (Å²) < 4.78 is 27.1. The van der Waals surface area contributed by atoms with Gasteiger partial charge in [-0.2, -0.15) is 4.31 Å². The first kappa shape index (κ1) is 18.4. The van der Waals surface area contributed by atoms with E-state index in [1.165, 1.54) is 4.31 Å². The van der Waals surface area contributed by atoms with E-state index < -0.39 is 10.0 Å². The van der Waals surface area contributed by atoms with Crippen LogP contribution in [0.5, 0.6) is 0 Å². The number of likely N-dealkylation sites (tertiary alicyclic amines) is 1. The van der Waals surface area contributed by atoms with E-state index in [9.17, 15) is 13.2 Å². The van der Waals surface area contributed by atoms with Gasteiger partial charge in [0, 0.05) is 26.2 Å². The summed E-state index contributed by atoms with van der Waals surface area (Å²) in [5.41, 5.74) is 5.71. The summed E-state index contributed by atoms with van der Waals surface area (Å²) in [6, 6.07) is 8.46. The summed E-state index contributed by atoms with van der Waals surface area (Å²) in [7, 11) is -3.53.